The fourth-order valence-corrected chi connectivity index (χ4v) is 3.51. The summed E-state index contributed by atoms with van der Waals surface area (Å²) < 4.78 is 56.4. The van der Waals surface area contributed by atoms with Crippen LogP contribution in [0.1, 0.15) is 25.7 Å². The fourth-order valence-electron chi connectivity index (χ4n) is 2.01. The average Bonchev–Trinajstić information content (AvgIpc) is 2.70. The van der Waals surface area contributed by atoms with Crippen molar-refractivity contribution in [1.29, 1.82) is 0 Å². The minimum absolute atomic E-state index is 0.0359. The van der Waals surface area contributed by atoms with Gasteiger partial charge >= 0.3 is 20.2 Å². The molecule has 10 heteroatoms. The van der Waals surface area contributed by atoms with Crippen molar-refractivity contribution in [3.63, 3.8) is 0 Å². The van der Waals surface area contributed by atoms with Crippen LogP contribution in [-0.2, 0) is 28.8 Å². The van der Waals surface area contributed by atoms with E-state index in [1.165, 1.54) is 36.7 Å². The lowest BCUT2D eigenvalue weighted by Gasteiger charge is -2.00. The maximum Gasteiger partial charge on any atom is 0.358 e. The number of unbranched alkanes of at least 4 members (excludes halogenated alkanes) is 3. The molecule has 0 aliphatic rings. The van der Waals surface area contributed by atoms with E-state index in [0.717, 1.165) is 0 Å². The summed E-state index contributed by atoms with van der Waals surface area (Å²) in [5.74, 6) is 0. The number of oxime groups is 2. The Kier molecular flexibility index (Phi) is 8.15. The third-order valence-corrected chi connectivity index (χ3v) is 5.68. The predicted molar refractivity (Wildman–Crippen MR) is 105 cm³/mol. The van der Waals surface area contributed by atoms with Gasteiger partial charge in [0.25, 0.3) is 0 Å². The molecule has 0 radical (unpaired) electrons. The molecule has 0 spiro atoms. The molecule has 0 saturated heterocycles. The maximum atomic E-state index is 11.8. The molecule has 8 nitrogen and oxygen atoms in total. The molecule has 0 bridgehead atoms. The zero-order valence-electron chi connectivity index (χ0n) is 14.9. The van der Waals surface area contributed by atoms with E-state index < -0.39 is 20.2 Å². The molecule has 0 atom stereocenters. The maximum absolute atomic E-state index is 11.8. The summed E-state index contributed by atoms with van der Waals surface area (Å²) in [6, 6.07) is 15.5. The van der Waals surface area contributed by atoms with Crippen molar-refractivity contribution in [3.8, 4) is 0 Å². The van der Waals surface area contributed by atoms with Gasteiger partial charge in [0.1, 0.15) is 9.79 Å². The highest BCUT2D eigenvalue weighted by Gasteiger charge is 2.14. The van der Waals surface area contributed by atoms with Gasteiger partial charge in [0.05, 0.1) is 0 Å². The molecule has 2 aromatic rings. The van der Waals surface area contributed by atoms with Crippen molar-refractivity contribution >= 4 is 32.7 Å². The molecule has 0 aliphatic carbocycles. The largest absolute Gasteiger partial charge is 0.358 e. The number of benzene rings is 2. The third-order valence-electron chi connectivity index (χ3n) is 3.41. The van der Waals surface area contributed by atoms with Gasteiger partial charge in [-0.1, -0.05) is 46.7 Å². The second-order valence-electron chi connectivity index (χ2n) is 5.54. The molecule has 150 valence electrons. The van der Waals surface area contributed by atoms with Crippen LogP contribution in [0.2, 0.25) is 0 Å². The predicted octanol–water partition coefficient (Wildman–Crippen LogP) is 3.33. The van der Waals surface area contributed by atoms with Crippen LogP contribution in [-0.4, -0.2) is 29.3 Å². The Balaban J connectivity index is 1.63. The fraction of sp³-hybridized carbons (Fsp3) is 0.222. The van der Waals surface area contributed by atoms with E-state index in [2.05, 4.69) is 18.9 Å². The van der Waals surface area contributed by atoms with Crippen molar-refractivity contribution in [2.24, 2.45) is 10.3 Å². The van der Waals surface area contributed by atoms with Gasteiger partial charge < -0.3 is 0 Å². The first-order valence-corrected chi connectivity index (χ1v) is 11.2. The Labute approximate surface area is 164 Å². The van der Waals surface area contributed by atoms with Crippen LogP contribution < -0.4 is 0 Å². The molecular formula is C18H20N2O6S2. The van der Waals surface area contributed by atoms with Crippen LogP contribution in [0.3, 0.4) is 0 Å². The minimum Gasteiger partial charge on any atom is -0.265 e. The molecule has 2 rings (SSSR count). The van der Waals surface area contributed by atoms with E-state index in [0.29, 0.717) is 25.7 Å². The van der Waals surface area contributed by atoms with Crippen LogP contribution in [0, 0.1) is 0 Å². The van der Waals surface area contributed by atoms with Crippen molar-refractivity contribution in [3.05, 3.63) is 60.7 Å². The highest BCUT2D eigenvalue weighted by Crippen LogP contribution is 2.12. The van der Waals surface area contributed by atoms with Crippen molar-refractivity contribution in [2.75, 3.05) is 0 Å². The smallest absolute Gasteiger partial charge is 0.265 e. The van der Waals surface area contributed by atoms with Crippen LogP contribution in [0.15, 0.2) is 80.8 Å². The van der Waals surface area contributed by atoms with E-state index in [-0.39, 0.29) is 9.79 Å². The molecule has 0 N–H and O–H groups in total. The molecule has 0 heterocycles. The molecule has 0 fully saturated rings. The standard InChI is InChI=1S/C18H20N2O6S2/c21-27(22,17-11-5-3-6-12-17)25-19-15-9-1-2-10-16-20-26-28(23,24)18-13-7-4-8-14-18/h3-8,11-16H,1-2,9-10H2/b19-15+,20-16+. The summed E-state index contributed by atoms with van der Waals surface area (Å²) >= 11 is 0. The highest BCUT2D eigenvalue weighted by atomic mass is 32.2. The quantitative estimate of drug-likeness (QED) is 0.311. The van der Waals surface area contributed by atoms with Crippen LogP contribution >= 0.6 is 0 Å². The molecule has 0 amide bonds. The van der Waals surface area contributed by atoms with Crippen molar-refractivity contribution in [1.82, 2.24) is 0 Å². The second kappa shape index (κ2) is 10.6. The first kappa shape index (κ1) is 21.6. The van der Waals surface area contributed by atoms with E-state index in [9.17, 15) is 16.8 Å². The summed E-state index contributed by atoms with van der Waals surface area (Å²) in [5, 5.41) is 6.94. The second-order valence-corrected chi connectivity index (χ2v) is 8.60. The summed E-state index contributed by atoms with van der Waals surface area (Å²) in [7, 11) is -7.79. The normalized spacial score (nSPS) is 12.4. The zero-order chi connectivity index (χ0) is 20.3. The molecule has 0 saturated carbocycles. The highest BCUT2D eigenvalue weighted by molar-refractivity contribution is 7.87. The third kappa shape index (κ3) is 7.12. The molecular weight excluding hydrogens is 404 g/mol. The van der Waals surface area contributed by atoms with Gasteiger partial charge in [0.15, 0.2) is 0 Å². The Hall–Kier alpha value is -2.72. The average molecular weight is 425 g/mol. The van der Waals surface area contributed by atoms with Gasteiger partial charge in [-0.2, -0.15) is 16.8 Å². The number of nitrogens with zero attached hydrogens (tertiary/aromatic N) is 2. The topological polar surface area (TPSA) is 111 Å². The van der Waals surface area contributed by atoms with Crippen LogP contribution in [0.5, 0.6) is 0 Å². The lowest BCUT2D eigenvalue weighted by atomic mass is 10.2. The molecule has 0 aromatic heterocycles. The first-order chi connectivity index (χ1) is 13.4. The van der Waals surface area contributed by atoms with E-state index in [1.807, 2.05) is 0 Å². The van der Waals surface area contributed by atoms with Gasteiger partial charge in [-0.05, 0) is 49.9 Å². The van der Waals surface area contributed by atoms with Gasteiger partial charge in [-0.3, -0.25) is 8.57 Å². The van der Waals surface area contributed by atoms with E-state index in [4.69, 9.17) is 0 Å². The van der Waals surface area contributed by atoms with Crippen molar-refractivity contribution in [2.45, 2.75) is 35.5 Å². The van der Waals surface area contributed by atoms with Crippen molar-refractivity contribution < 1.29 is 25.4 Å². The molecule has 28 heavy (non-hydrogen) atoms. The Morgan fingerprint density at radius 2 is 1.00 bits per heavy atom. The van der Waals surface area contributed by atoms with Gasteiger partial charge in [-0.25, -0.2) is 0 Å². The Bertz CT molecular complexity index is 905. The van der Waals surface area contributed by atoms with Crippen LogP contribution in [0.25, 0.3) is 0 Å². The van der Waals surface area contributed by atoms with E-state index in [1.54, 1.807) is 36.4 Å². The lowest BCUT2D eigenvalue weighted by molar-refractivity contribution is 0.338. The van der Waals surface area contributed by atoms with Gasteiger partial charge in [0, 0.05) is 12.4 Å². The lowest BCUT2D eigenvalue weighted by Crippen LogP contribution is -2.02. The Morgan fingerprint density at radius 1 is 0.643 bits per heavy atom. The monoisotopic (exact) mass is 424 g/mol. The number of rotatable bonds is 11. The molecule has 2 aromatic carbocycles. The van der Waals surface area contributed by atoms with Crippen LogP contribution in [0.4, 0.5) is 0 Å². The summed E-state index contributed by atoms with van der Waals surface area (Å²) in [4.78, 5) is 0.0719. The SMILES string of the molecule is O=S(=O)(O/N=C/CCCC/C=N/OS(=O)(=O)c1ccccc1)c1ccccc1. The van der Waals surface area contributed by atoms with Gasteiger partial charge in [-0.15, -0.1) is 0 Å². The number of hydrogen-bond acceptors (Lipinski definition) is 8. The number of hydrogen-bond donors (Lipinski definition) is 0. The first-order valence-electron chi connectivity index (χ1n) is 8.43. The summed E-state index contributed by atoms with van der Waals surface area (Å²) in [6.45, 7) is 0. The van der Waals surface area contributed by atoms with Gasteiger partial charge in [0.2, 0.25) is 0 Å². The minimum atomic E-state index is -3.89. The summed E-state index contributed by atoms with van der Waals surface area (Å²) in [6.07, 6.45) is 5.12. The zero-order valence-corrected chi connectivity index (χ0v) is 16.6. The molecule has 0 unspecified atom stereocenters. The Morgan fingerprint density at radius 3 is 1.36 bits per heavy atom. The molecule has 0 aliphatic heterocycles. The summed E-state index contributed by atoms with van der Waals surface area (Å²) in [5.41, 5.74) is 0. The van der Waals surface area contributed by atoms with E-state index >= 15 is 0 Å².